The predicted octanol–water partition coefficient (Wildman–Crippen LogP) is 6.80. The number of allylic oxidation sites excluding steroid dienone is 2. The summed E-state index contributed by atoms with van der Waals surface area (Å²) < 4.78 is 10.4. The zero-order valence-corrected chi connectivity index (χ0v) is 28.3. The number of rotatable bonds is 10. The molecule has 0 atom stereocenters. The predicted molar refractivity (Wildman–Crippen MR) is 192 cm³/mol. The van der Waals surface area contributed by atoms with Crippen molar-refractivity contribution in [3.63, 3.8) is 0 Å². The average Bonchev–Trinajstić information content (AvgIpc) is 3.13. The lowest BCUT2D eigenvalue weighted by Crippen LogP contribution is -2.42. The summed E-state index contributed by atoms with van der Waals surface area (Å²) in [6, 6.07) is 18.9. The second-order valence-electron chi connectivity index (χ2n) is 12.3. The SMILES string of the molecule is CB(O)N1CCC(C=Cc2ccc(O)c([N+](=O)[O-])c2)CC1.COc1ccc(C=CC2CCN(C(=O)OCc3ccccc3)CC2)cc1[N+](=O)[O-]. The maximum absolute atomic E-state index is 12.2. The second kappa shape index (κ2) is 18.5. The van der Waals surface area contributed by atoms with Gasteiger partial charge in [-0.15, -0.1) is 0 Å². The first kappa shape index (κ1) is 37.6. The molecule has 0 saturated carbocycles. The minimum Gasteiger partial charge on any atom is -0.502 e. The number of hydrogen-bond donors (Lipinski definition) is 2. The monoisotopic (exact) mass is 686 g/mol. The molecule has 264 valence electrons. The van der Waals surface area contributed by atoms with E-state index < -0.39 is 16.9 Å². The highest BCUT2D eigenvalue weighted by atomic mass is 16.6. The number of amides is 1. The third-order valence-electron chi connectivity index (χ3n) is 8.82. The molecule has 0 bridgehead atoms. The molecule has 0 aromatic heterocycles. The molecule has 2 aliphatic heterocycles. The Labute approximate surface area is 291 Å². The van der Waals surface area contributed by atoms with E-state index in [0.717, 1.165) is 49.9 Å². The van der Waals surface area contributed by atoms with E-state index in [4.69, 9.17) is 9.47 Å². The van der Waals surface area contributed by atoms with Crippen molar-refractivity contribution in [1.29, 1.82) is 0 Å². The third kappa shape index (κ3) is 11.2. The number of likely N-dealkylation sites (tertiary alicyclic amines) is 1. The topological polar surface area (TPSA) is 169 Å². The Balaban J connectivity index is 0.000000237. The summed E-state index contributed by atoms with van der Waals surface area (Å²) >= 11 is 0. The number of nitro benzene ring substituents is 2. The van der Waals surface area contributed by atoms with E-state index in [1.54, 1.807) is 29.9 Å². The summed E-state index contributed by atoms with van der Waals surface area (Å²) in [6.45, 7) is 5.00. The fourth-order valence-electron chi connectivity index (χ4n) is 5.81. The molecule has 50 heavy (non-hydrogen) atoms. The first-order valence-corrected chi connectivity index (χ1v) is 16.6. The van der Waals surface area contributed by atoms with Crippen molar-refractivity contribution in [2.45, 2.75) is 39.1 Å². The van der Waals surface area contributed by atoms with Crippen molar-refractivity contribution in [2.24, 2.45) is 11.8 Å². The van der Waals surface area contributed by atoms with E-state index in [1.165, 1.54) is 25.3 Å². The van der Waals surface area contributed by atoms with E-state index in [9.17, 15) is 35.2 Å². The van der Waals surface area contributed by atoms with E-state index in [0.29, 0.717) is 30.5 Å². The van der Waals surface area contributed by atoms with Gasteiger partial charge >= 0.3 is 24.5 Å². The molecule has 2 heterocycles. The number of hydrogen-bond acceptors (Lipinski definition) is 10. The van der Waals surface area contributed by atoms with Crippen molar-refractivity contribution in [2.75, 3.05) is 33.3 Å². The Bertz CT molecular complexity index is 1650. The Kier molecular flexibility index (Phi) is 13.9. The van der Waals surface area contributed by atoms with Crippen LogP contribution < -0.4 is 4.74 Å². The molecular weight excluding hydrogens is 643 g/mol. The van der Waals surface area contributed by atoms with Gasteiger partial charge in [0.15, 0.2) is 11.5 Å². The van der Waals surface area contributed by atoms with Gasteiger partial charge in [0.2, 0.25) is 0 Å². The van der Waals surface area contributed by atoms with E-state index in [1.807, 2.05) is 47.3 Å². The van der Waals surface area contributed by atoms with Gasteiger partial charge in [0.25, 0.3) is 0 Å². The lowest BCUT2D eigenvalue weighted by Gasteiger charge is -2.31. The van der Waals surface area contributed by atoms with Crippen LogP contribution in [0.3, 0.4) is 0 Å². The fourth-order valence-corrected chi connectivity index (χ4v) is 5.81. The third-order valence-corrected chi connectivity index (χ3v) is 8.82. The van der Waals surface area contributed by atoms with Gasteiger partial charge in [-0.05, 0) is 86.3 Å². The first-order valence-electron chi connectivity index (χ1n) is 16.6. The average molecular weight is 687 g/mol. The van der Waals surface area contributed by atoms with Crippen LogP contribution in [0.2, 0.25) is 6.82 Å². The molecule has 3 aromatic rings. The van der Waals surface area contributed by atoms with Crippen molar-refractivity contribution >= 4 is 36.7 Å². The summed E-state index contributed by atoms with van der Waals surface area (Å²) in [4.78, 5) is 36.8. The van der Waals surface area contributed by atoms with Crippen LogP contribution in [-0.2, 0) is 11.3 Å². The van der Waals surface area contributed by atoms with Crippen molar-refractivity contribution in [3.05, 3.63) is 116 Å². The van der Waals surface area contributed by atoms with Crippen LogP contribution in [0.1, 0.15) is 42.4 Å². The number of benzene rings is 3. The summed E-state index contributed by atoms with van der Waals surface area (Å²) in [7, 11) is 1.01. The second-order valence-corrected chi connectivity index (χ2v) is 12.3. The fraction of sp³-hybridized carbons (Fsp3) is 0.361. The molecule has 0 radical (unpaired) electrons. The van der Waals surface area contributed by atoms with Crippen LogP contribution in [0.4, 0.5) is 16.2 Å². The number of nitrogens with zero attached hydrogens (tertiary/aromatic N) is 4. The quantitative estimate of drug-likeness (QED) is 0.131. The molecule has 2 N–H and O–H groups in total. The molecule has 0 spiro atoms. The van der Waals surface area contributed by atoms with Crippen LogP contribution in [0.5, 0.6) is 11.5 Å². The molecule has 2 fully saturated rings. The molecule has 3 aromatic carbocycles. The molecule has 1 amide bonds. The van der Waals surface area contributed by atoms with Gasteiger partial charge in [0.05, 0.1) is 17.0 Å². The first-order chi connectivity index (χ1) is 24.0. The molecule has 0 unspecified atom stereocenters. The highest BCUT2D eigenvalue weighted by molar-refractivity contribution is 6.45. The minimum absolute atomic E-state index is 0.0503. The van der Waals surface area contributed by atoms with Gasteiger partial charge in [0.1, 0.15) is 6.61 Å². The summed E-state index contributed by atoms with van der Waals surface area (Å²) in [5.41, 5.74) is 2.10. The number of piperidine rings is 2. The number of methoxy groups -OCH3 is 1. The molecule has 5 rings (SSSR count). The Morgan fingerprint density at radius 1 is 0.860 bits per heavy atom. The number of carbonyl (C=O) groups excluding carboxylic acids is 1. The summed E-state index contributed by atoms with van der Waals surface area (Å²) in [6.07, 6.45) is 11.1. The molecule has 0 aliphatic carbocycles. The Morgan fingerprint density at radius 3 is 1.94 bits per heavy atom. The van der Waals surface area contributed by atoms with Crippen molar-refractivity contribution in [1.82, 2.24) is 9.71 Å². The van der Waals surface area contributed by atoms with Crippen molar-refractivity contribution < 1.29 is 34.2 Å². The Hall–Kier alpha value is -5.21. The van der Waals surface area contributed by atoms with Gasteiger partial charge in [0, 0.05) is 25.2 Å². The highest BCUT2D eigenvalue weighted by Gasteiger charge is 2.24. The lowest BCUT2D eigenvalue weighted by atomic mass is 9.81. The normalized spacial score (nSPS) is 15.8. The van der Waals surface area contributed by atoms with Crippen LogP contribution in [0.15, 0.2) is 78.9 Å². The summed E-state index contributed by atoms with van der Waals surface area (Å²) in [5, 5.41) is 40.8. The van der Waals surface area contributed by atoms with Crippen molar-refractivity contribution in [3.8, 4) is 11.5 Å². The Morgan fingerprint density at radius 2 is 1.40 bits per heavy atom. The maximum atomic E-state index is 12.2. The zero-order chi connectivity index (χ0) is 36.0. The highest BCUT2D eigenvalue weighted by Crippen LogP contribution is 2.30. The van der Waals surface area contributed by atoms with E-state index >= 15 is 0 Å². The lowest BCUT2D eigenvalue weighted by molar-refractivity contribution is -0.386. The number of phenols is 1. The van der Waals surface area contributed by atoms with Gasteiger partial charge in [-0.3, -0.25) is 20.2 Å². The minimum atomic E-state index is -0.589. The summed E-state index contributed by atoms with van der Waals surface area (Å²) in [5.74, 6) is 0.652. The van der Waals surface area contributed by atoms with Crippen LogP contribution in [0, 0.1) is 32.1 Å². The number of aromatic hydroxyl groups is 1. The van der Waals surface area contributed by atoms with Gasteiger partial charge in [-0.2, -0.15) is 0 Å². The largest absolute Gasteiger partial charge is 0.502 e. The molecule has 2 aliphatic rings. The van der Waals surface area contributed by atoms with E-state index in [2.05, 4.69) is 12.2 Å². The van der Waals surface area contributed by atoms with E-state index in [-0.39, 0.29) is 35.6 Å². The van der Waals surface area contributed by atoms with Gasteiger partial charge < -0.3 is 29.3 Å². The molecular formula is C36H43BN4O9. The van der Waals surface area contributed by atoms with Crippen LogP contribution in [-0.4, -0.2) is 76.1 Å². The van der Waals surface area contributed by atoms with Gasteiger partial charge in [-0.25, -0.2) is 4.79 Å². The molecule has 14 heteroatoms. The number of nitro groups is 2. The number of ether oxygens (including phenoxy) is 2. The van der Waals surface area contributed by atoms with Gasteiger partial charge in [-0.1, -0.05) is 66.8 Å². The smallest absolute Gasteiger partial charge is 0.410 e. The van der Waals surface area contributed by atoms with Crippen LogP contribution >= 0.6 is 0 Å². The van der Waals surface area contributed by atoms with Crippen LogP contribution in [0.25, 0.3) is 12.2 Å². The molecule has 2 saturated heterocycles. The molecule has 13 nitrogen and oxygen atoms in total. The zero-order valence-electron chi connectivity index (χ0n) is 28.3. The number of carbonyl (C=O) groups is 1. The standard InChI is InChI=1S/C22H24N2O5.C14H19BN2O4/c1-28-21-10-9-18(15-20(21)24(26)27)8-7-17-11-13-23(14-12-17)22(25)29-16-19-5-3-2-4-6-19;1-15(19)16-8-6-11(7-9-16)2-3-12-4-5-14(18)13(10-12)17(20)21/h2-10,15,17H,11-14,16H2,1H3;2-5,10-11,18-19H,6-9H2,1H3. The maximum Gasteiger partial charge on any atom is 0.410 e. The number of phenolic OH excluding ortho intramolecular Hbond substituents is 1.